The van der Waals surface area contributed by atoms with Gasteiger partial charge in [-0.2, -0.15) is 0 Å². The van der Waals surface area contributed by atoms with Gasteiger partial charge in [-0.3, -0.25) is 4.79 Å². The van der Waals surface area contributed by atoms with Gasteiger partial charge >= 0.3 is 5.97 Å². The Morgan fingerprint density at radius 3 is 2.61 bits per heavy atom. The molecule has 2 saturated carbocycles. The van der Waals surface area contributed by atoms with Crippen molar-refractivity contribution in [3.63, 3.8) is 0 Å². The second-order valence-corrected chi connectivity index (χ2v) is 8.83. The Kier molecular flexibility index (Phi) is 3.79. The summed E-state index contributed by atoms with van der Waals surface area (Å²) in [4.78, 5) is 12.0. The van der Waals surface area contributed by atoms with Crippen molar-refractivity contribution in [2.45, 2.75) is 65.4 Å². The molecule has 3 rings (SSSR count). The third-order valence-electron chi connectivity index (χ3n) is 7.44. The smallest absolute Gasteiger partial charge is 0.309 e. The second-order valence-electron chi connectivity index (χ2n) is 8.83. The van der Waals surface area contributed by atoms with Crippen molar-refractivity contribution in [3.05, 3.63) is 24.3 Å². The van der Waals surface area contributed by atoms with Gasteiger partial charge in [-0.1, -0.05) is 32.4 Å². The molecule has 0 saturated heterocycles. The van der Waals surface area contributed by atoms with Crippen LogP contribution in [0.25, 0.3) is 0 Å². The Morgan fingerprint density at radius 1 is 1.30 bits per heavy atom. The van der Waals surface area contributed by atoms with E-state index >= 15 is 0 Å². The van der Waals surface area contributed by atoms with E-state index < -0.39 is 17.5 Å². The topological polar surface area (TPSA) is 57.5 Å². The van der Waals surface area contributed by atoms with Gasteiger partial charge in [0.15, 0.2) is 0 Å². The molecule has 128 valence electrons. The fourth-order valence-corrected chi connectivity index (χ4v) is 5.85. The molecule has 3 aliphatic carbocycles. The highest BCUT2D eigenvalue weighted by molar-refractivity contribution is 5.75. The van der Waals surface area contributed by atoms with E-state index in [9.17, 15) is 15.0 Å². The van der Waals surface area contributed by atoms with Crippen LogP contribution in [0.4, 0.5) is 0 Å². The van der Waals surface area contributed by atoms with E-state index in [1.807, 2.05) is 13.0 Å². The number of hydrogen-bond acceptors (Lipinski definition) is 2. The largest absolute Gasteiger partial charge is 0.481 e. The Labute approximate surface area is 139 Å². The molecule has 6 atom stereocenters. The van der Waals surface area contributed by atoms with Gasteiger partial charge in [-0.25, -0.2) is 0 Å². The van der Waals surface area contributed by atoms with E-state index in [2.05, 4.69) is 26.5 Å². The van der Waals surface area contributed by atoms with Crippen LogP contribution in [0.2, 0.25) is 0 Å². The molecule has 0 heterocycles. The molecule has 0 amide bonds. The van der Waals surface area contributed by atoms with Crippen LogP contribution in [-0.4, -0.2) is 22.3 Å². The molecule has 0 aromatic heterocycles. The van der Waals surface area contributed by atoms with Crippen LogP contribution in [0.1, 0.15) is 59.3 Å². The Bertz CT molecular complexity index is 565. The summed E-state index contributed by atoms with van der Waals surface area (Å²) in [5.41, 5.74) is 0.380. The van der Waals surface area contributed by atoms with Crippen LogP contribution in [0.5, 0.6) is 0 Å². The molecule has 0 spiro atoms. The van der Waals surface area contributed by atoms with Crippen LogP contribution in [0.3, 0.4) is 0 Å². The van der Waals surface area contributed by atoms with Gasteiger partial charge in [0.05, 0.1) is 11.5 Å². The summed E-state index contributed by atoms with van der Waals surface area (Å²) in [7, 11) is 0. The summed E-state index contributed by atoms with van der Waals surface area (Å²) < 4.78 is 0. The number of allylic oxidation sites excluding steroid dienone is 2. The van der Waals surface area contributed by atoms with Crippen LogP contribution in [0, 0.1) is 28.1 Å². The van der Waals surface area contributed by atoms with Gasteiger partial charge in [0, 0.05) is 5.41 Å². The summed E-state index contributed by atoms with van der Waals surface area (Å²) in [5.74, 6) is -0.338. The summed E-state index contributed by atoms with van der Waals surface area (Å²) in [6.45, 7) is 10.3. The minimum Gasteiger partial charge on any atom is -0.481 e. The number of aliphatic carboxylic acids is 1. The Hall–Kier alpha value is -1.09. The molecule has 0 bridgehead atoms. The predicted molar refractivity (Wildman–Crippen MR) is 90.9 cm³/mol. The van der Waals surface area contributed by atoms with Gasteiger partial charge in [-0.15, -0.1) is 6.58 Å². The van der Waals surface area contributed by atoms with Crippen molar-refractivity contribution < 1.29 is 15.0 Å². The lowest BCUT2D eigenvalue weighted by Crippen LogP contribution is -2.57. The number of fused-ring (bicyclic) bond motifs is 3. The first-order valence-electron chi connectivity index (χ1n) is 8.94. The average molecular weight is 318 g/mol. The molecule has 3 heteroatoms. The third-order valence-corrected chi connectivity index (χ3v) is 7.44. The van der Waals surface area contributed by atoms with Crippen molar-refractivity contribution in [2.24, 2.45) is 28.1 Å². The van der Waals surface area contributed by atoms with Crippen LogP contribution in [0.15, 0.2) is 24.3 Å². The second kappa shape index (κ2) is 5.20. The molecular formula is C20H30O3. The Balaban J connectivity index is 2.05. The first kappa shape index (κ1) is 16.8. The van der Waals surface area contributed by atoms with Crippen LogP contribution < -0.4 is 0 Å². The Morgan fingerprint density at radius 2 is 2.00 bits per heavy atom. The normalized spacial score (nSPS) is 49.6. The standard InChI is InChI=1S/C20H30O3/c1-5-18(2)10-7-14-13(12-18)15(21)11-16-19(14,3)8-6-9-20(16,4)17(22)23/h5,12,14-16,21H,1,6-11H2,2-4H3,(H,22,23)/t14?,15-,16?,18-,19-,20+/m0/s1. The molecule has 0 aromatic rings. The van der Waals surface area contributed by atoms with Crippen LogP contribution in [-0.2, 0) is 4.79 Å². The number of carbonyl (C=O) groups is 1. The quantitative estimate of drug-likeness (QED) is 0.751. The number of rotatable bonds is 2. The van der Waals surface area contributed by atoms with Crippen molar-refractivity contribution in [1.82, 2.24) is 0 Å². The third kappa shape index (κ3) is 2.31. The lowest BCUT2D eigenvalue weighted by Gasteiger charge is -2.60. The maximum Gasteiger partial charge on any atom is 0.309 e. The zero-order valence-electron chi connectivity index (χ0n) is 14.6. The fraction of sp³-hybridized carbons (Fsp3) is 0.750. The summed E-state index contributed by atoms with van der Waals surface area (Å²) in [5, 5.41) is 20.6. The lowest BCUT2D eigenvalue weighted by molar-refractivity contribution is -0.168. The zero-order chi connectivity index (χ0) is 17.0. The van der Waals surface area contributed by atoms with E-state index in [0.29, 0.717) is 12.3 Å². The molecule has 2 fully saturated rings. The molecule has 2 unspecified atom stereocenters. The van der Waals surface area contributed by atoms with Gasteiger partial charge in [0.25, 0.3) is 0 Å². The van der Waals surface area contributed by atoms with E-state index in [1.165, 1.54) is 0 Å². The molecule has 0 aliphatic heterocycles. The minimum absolute atomic E-state index is 0.0149. The van der Waals surface area contributed by atoms with Crippen molar-refractivity contribution in [1.29, 1.82) is 0 Å². The van der Waals surface area contributed by atoms with Gasteiger partial charge in [-0.05, 0) is 61.9 Å². The monoisotopic (exact) mass is 318 g/mol. The summed E-state index contributed by atoms with van der Waals surface area (Å²) in [6, 6.07) is 0. The van der Waals surface area contributed by atoms with E-state index in [0.717, 1.165) is 37.7 Å². The number of hydrogen-bond donors (Lipinski definition) is 2. The molecule has 2 N–H and O–H groups in total. The van der Waals surface area contributed by atoms with E-state index in [4.69, 9.17) is 0 Å². The maximum atomic E-state index is 12.0. The number of carboxylic acid groups (broad SMARTS) is 1. The highest BCUT2D eigenvalue weighted by Crippen LogP contribution is 2.63. The number of aliphatic hydroxyl groups is 1. The predicted octanol–water partition coefficient (Wildman–Crippen LogP) is 4.18. The first-order chi connectivity index (χ1) is 10.7. The lowest BCUT2D eigenvalue weighted by atomic mass is 9.44. The van der Waals surface area contributed by atoms with Gasteiger partial charge in [0.2, 0.25) is 0 Å². The first-order valence-corrected chi connectivity index (χ1v) is 8.94. The zero-order valence-corrected chi connectivity index (χ0v) is 14.6. The summed E-state index contributed by atoms with van der Waals surface area (Å²) >= 11 is 0. The van der Waals surface area contributed by atoms with Gasteiger partial charge in [0.1, 0.15) is 0 Å². The van der Waals surface area contributed by atoms with Gasteiger partial charge < -0.3 is 10.2 Å². The molecular weight excluding hydrogens is 288 g/mol. The van der Waals surface area contributed by atoms with E-state index in [-0.39, 0.29) is 16.7 Å². The molecule has 23 heavy (non-hydrogen) atoms. The highest BCUT2D eigenvalue weighted by atomic mass is 16.4. The van der Waals surface area contributed by atoms with Crippen molar-refractivity contribution in [3.8, 4) is 0 Å². The highest BCUT2D eigenvalue weighted by Gasteiger charge is 2.60. The molecule has 3 nitrogen and oxygen atoms in total. The van der Waals surface area contributed by atoms with Crippen LogP contribution >= 0.6 is 0 Å². The van der Waals surface area contributed by atoms with E-state index in [1.54, 1.807) is 0 Å². The average Bonchev–Trinajstić information content (AvgIpc) is 2.50. The maximum absolute atomic E-state index is 12.0. The van der Waals surface area contributed by atoms with Crippen molar-refractivity contribution >= 4 is 5.97 Å². The summed E-state index contributed by atoms with van der Waals surface area (Å²) in [6.07, 6.45) is 9.10. The fourth-order valence-electron chi connectivity index (χ4n) is 5.85. The molecule has 0 radical (unpaired) electrons. The van der Waals surface area contributed by atoms with Crippen molar-refractivity contribution in [2.75, 3.05) is 0 Å². The molecule has 0 aromatic carbocycles. The number of carboxylic acids is 1. The number of aliphatic hydroxyl groups excluding tert-OH is 1. The molecule has 3 aliphatic rings. The minimum atomic E-state index is -0.710. The SMILES string of the molecule is C=C[C@]1(C)C=C2C(CC1)[C@]1(C)CCC[C@@](C)(C(=O)O)C1C[C@@H]2O.